The van der Waals surface area contributed by atoms with Gasteiger partial charge in [-0.15, -0.1) is 10.2 Å². The molecule has 0 unspecified atom stereocenters. The van der Waals surface area contributed by atoms with Gasteiger partial charge in [-0.05, 0) is 30.7 Å². The van der Waals surface area contributed by atoms with Crippen molar-refractivity contribution in [3.05, 3.63) is 76.4 Å². The van der Waals surface area contributed by atoms with Gasteiger partial charge in [0.25, 0.3) is 5.69 Å². The number of nitro benzene ring substituents is 1. The number of benzene rings is 2. The predicted octanol–water partition coefficient (Wildman–Crippen LogP) is 2.83. The van der Waals surface area contributed by atoms with Gasteiger partial charge in [0.05, 0.1) is 11.1 Å². The second-order valence-electron chi connectivity index (χ2n) is 5.58. The van der Waals surface area contributed by atoms with Crippen LogP contribution in [0.4, 0.5) is 5.69 Å². The summed E-state index contributed by atoms with van der Waals surface area (Å²) < 4.78 is 12.7. The van der Waals surface area contributed by atoms with Gasteiger partial charge in [-0.2, -0.15) is 5.10 Å². The molecule has 0 N–H and O–H groups in total. The van der Waals surface area contributed by atoms with E-state index in [2.05, 4.69) is 15.3 Å². The topological polar surface area (TPSA) is 105 Å². The Hall–Kier alpha value is -3.75. The van der Waals surface area contributed by atoms with Gasteiger partial charge in [-0.3, -0.25) is 10.1 Å². The lowest BCUT2D eigenvalue weighted by Gasteiger charge is -2.10. The molecule has 0 fully saturated rings. The van der Waals surface area contributed by atoms with E-state index in [1.54, 1.807) is 0 Å². The molecular formula is C18H17N5O4. The summed E-state index contributed by atoms with van der Waals surface area (Å²) in [7, 11) is 0. The molecule has 0 aliphatic rings. The van der Waals surface area contributed by atoms with Gasteiger partial charge in [0.2, 0.25) is 0 Å². The minimum absolute atomic E-state index is 0.0523. The lowest BCUT2D eigenvalue weighted by atomic mass is 10.2. The molecule has 138 valence electrons. The molecule has 1 heterocycles. The van der Waals surface area contributed by atoms with Crippen molar-refractivity contribution < 1.29 is 14.4 Å². The zero-order chi connectivity index (χ0) is 19.1. The zero-order valence-electron chi connectivity index (χ0n) is 14.6. The van der Waals surface area contributed by atoms with Crippen LogP contribution in [0.15, 0.2) is 60.2 Å². The second-order valence-corrected chi connectivity index (χ2v) is 5.58. The first-order valence-electron chi connectivity index (χ1n) is 8.11. The molecule has 0 saturated heterocycles. The van der Waals surface area contributed by atoms with E-state index in [0.29, 0.717) is 17.9 Å². The van der Waals surface area contributed by atoms with Crippen LogP contribution in [0.5, 0.6) is 11.5 Å². The highest BCUT2D eigenvalue weighted by Crippen LogP contribution is 2.23. The van der Waals surface area contributed by atoms with Crippen molar-refractivity contribution in [3.63, 3.8) is 0 Å². The summed E-state index contributed by atoms with van der Waals surface area (Å²) in [5.74, 6) is 1.22. The maximum atomic E-state index is 11.0. The average Bonchev–Trinajstić information content (AvgIpc) is 3.17. The fourth-order valence-electron chi connectivity index (χ4n) is 2.28. The Morgan fingerprint density at radius 2 is 1.93 bits per heavy atom. The van der Waals surface area contributed by atoms with Crippen molar-refractivity contribution in [2.75, 3.05) is 13.2 Å². The van der Waals surface area contributed by atoms with Gasteiger partial charge in [0, 0.05) is 17.7 Å². The Kier molecular flexibility index (Phi) is 5.73. The van der Waals surface area contributed by atoms with Crippen LogP contribution in [-0.2, 0) is 0 Å². The monoisotopic (exact) mass is 367 g/mol. The van der Waals surface area contributed by atoms with Crippen LogP contribution in [0, 0.1) is 17.0 Å². The van der Waals surface area contributed by atoms with Crippen LogP contribution in [0.1, 0.15) is 11.1 Å². The summed E-state index contributed by atoms with van der Waals surface area (Å²) in [4.78, 5) is 10.5. The van der Waals surface area contributed by atoms with E-state index in [1.807, 2.05) is 31.2 Å². The number of non-ortho nitro benzene ring substituents is 1. The molecule has 0 saturated carbocycles. The zero-order valence-corrected chi connectivity index (χ0v) is 14.6. The Morgan fingerprint density at radius 3 is 2.67 bits per heavy atom. The van der Waals surface area contributed by atoms with Crippen LogP contribution in [-0.4, -0.2) is 39.2 Å². The molecule has 1 aromatic heterocycles. The molecule has 0 aliphatic heterocycles. The molecule has 0 aliphatic carbocycles. The third kappa shape index (κ3) is 5.11. The Morgan fingerprint density at radius 1 is 1.15 bits per heavy atom. The first-order valence-corrected chi connectivity index (χ1v) is 8.11. The largest absolute Gasteiger partial charge is 0.490 e. The molecule has 0 atom stereocenters. The lowest BCUT2D eigenvalue weighted by Crippen LogP contribution is -2.10. The van der Waals surface area contributed by atoms with Gasteiger partial charge in [-0.25, -0.2) is 4.68 Å². The van der Waals surface area contributed by atoms with Crippen molar-refractivity contribution in [1.29, 1.82) is 0 Å². The van der Waals surface area contributed by atoms with Crippen LogP contribution in [0.3, 0.4) is 0 Å². The summed E-state index contributed by atoms with van der Waals surface area (Å²) in [6, 6.07) is 12.0. The fraction of sp³-hybridized carbons (Fsp3) is 0.167. The number of ether oxygens (including phenoxy) is 2. The van der Waals surface area contributed by atoms with Crippen molar-refractivity contribution >= 4 is 11.9 Å². The van der Waals surface area contributed by atoms with Crippen LogP contribution < -0.4 is 9.47 Å². The highest BCUT2D eigenvalue weighted by Gasteiger charge is 2.11. The smallest absolute Gasteiger partial charge is 0.270 e. The quantitative estimate of drug-likeness (QED) is 0.262. The minimum Gasteiger partial charge on any atom is -0.490 e. The highest BCUT2D eigenvalue weighted by molar-refractivity contribution is 5.84. The van der Waals surface area contributed by atoms with Crippen molar-refractivity contribution in [3.8, 4) is 11.5 Å². The summed E-state index contributed by atoms with van der Waals surface area (Å²) in [6.45, 7) is 2.60. The molecule has 0 spiro atoms. The minimum atomic E-state index is -0.471. The standard InChI is InChI=1S/C18H17N5O4/c1-14-3-2-4-17(9-14)26-7-8-27-18-6-5-16(23(24)25)10-15(18)11-21-22-12-19-20-13-22/h2-6,9-13H,7-8H2,1H3. The number of aryl methyl sites for hydroxylation is 1. The van der Waals surface area contributed by atoms with Gasteiger partial charge in [-0.1, -0.05) is 12.1 Å². The van der Waals surface area contributed by atoms with E-state index >= 15 is 0 Å². The van der Waals surface area contributed by atoms with Crippen molar-refractivity contribution in [2.24, 2.45) is 5.10 Å². The Bertz CT molecular complexity index is 941. The van der Waals surface area contributed by atoms with Crippen LogP contribution in [0.2, 0.25) is 0 Å². The van der Waals surface area contributed by atoms with E-state index in [4.69, 9.17) is 9.47 Å². The fourth-order valence-corrected chi connectivity index (χ4v) is 2.28. The SMILES string of the molecule is Cc1cccc(OCCOc2ccc([N+](=O)[O-])cc2C=Nn2cnnc2)c1. The van der Waals surface area contributed by atoms with E-state index in [-0.39, 0.29) is 12.3 Å². The van der Waals surface area contributed by atoms with E-state index < -0.39 is 4.92 Å². The maximum absolute atomic E-state index is 11.0. The van der Waals surface area contributed by atoms with Gasteiger partial charge in [0.1, 0.15) is 37.4 Å². The van der Waals surface area contributed by atoms with Gasteiger partial charge in [0.15, 0.2) is 0 Å². The summed E-state index contributed by atoms with van der Waals surface area (Å²) in [5, 5.41) is 22.4. The lowest BCUT2D eigenvalue weighted by molar-refractivity contribution is -0.384. The molecule has 0 amide bonds. The summed E-state index contributed by atoms with van der Waals surface area (Å²) in [6.07, 6.45) is 4.27. The molecule has 27 heavy (non-hydrogen) atoms. The number of hydrogen-bond acceptors (Lipinski definition) is 7. The van der Waals surface area contributed by atoms with Gasteiger partial charge < -0.3 is 9.47 Å². The third-order valence-electron chi connectivity index (χ3n) is 3.54. The van der Waals surface area contributed by atoms with E-state index in [9.17, 15) is 10.1 Å². The molecule has 3 rings (SSSR count). The van der Waals surface area contributed by atoms with Crippen LogP contribution in [0.25, 0.3) is 0 Å². The highest BCUT2D eigenvalue weighted by atomic mass is 16.6. The predicted molar refractivity (Wildman–Crippen MR) is 98.3 cm³/mol. The summed E-state index contributed by atoms with van der Waals surface area (Å²) >= 11 is 0. The Labute approximate surface area is 155 Å². The summed E-state index contributed by atoms with van der Waals surface area (Å²) in [5.41, 5.74) is 1.52. The first-order chi connectivity index (χ1) is 13.1. The Balaban J connectivity index is 1.67. The maximum Gasteiger partial charge on any atom is 0.270 e. The molecule has 0 bridgehead atoms. The number of hydrogen-bond donors (Lipinski definition) is 0. The number of rotatable bonds is 8. The normalized spacial score (nSPS) is 10.9. The molecule has 2 aromatic carbocycles. The third-order valence-corrected chi connectivity index (χ3v) is 3.54. The second kappa shape index (κ2) is 8.56. The molecular weight excluding hydrogens is 350 g/mol. The first kappa shape index (κ1) is 18.1. The number of nitro groups is 1. The molecule has 3 aromatic rings. The molecule has 9 nitrogen and oxygen atoms in total. The van der Waals surface area contributed by atoms with E-state index in [1.165, 1.54) is 41.7 Å². The average molecular weight is 367 g/mol. The van der Waals surface area contributed by atoms with Crippen molar-refractivity contribution in [1.82, 2.24) is 14.9 Å². The van der Waals surface area contributed by atoms with Crippen molar-refractivity contribution in [2.45, 2.75) is 6.92 Å². The van der Waals surface area contributed by atoms with E-state index in [0.717, 1.165) is 11.3 Å². The number of aromatic nitrogens is 3. The van der Waals surface area contributed by atoms with Gasteiger partial charge >= 0.3 is 0 Å². The molecule has 0 radical (unpaired) electrons. The molecule has 9 heteroatoms. The van der Waals surface area contributed by atoms with Crippen LogP contribution >= 0.6 is 0 Å². The number of nitrogens with zero attached hydrogens (tertiary/aromatic N) is 5.